The molecule has 1 aliphatic carbocycles. The molecule has 2 N–H and O–H groups in total. The zero-order valence-electron chi connectivity index (χ0n) is 11.6. The third-order valence-corrected chi connectivity index (χ3v) is 5.88. The van der Waals surface area contributed by atoms with Gasteiger partial charge in [0, 0.05) is 18.8 Å². The van der Waals surface area contributed by atoms with Gasteiger partial charge in [0.15, 0.2) is 9.84 Å². The van der Waals surface area contributed by atoms with Crippen LogP contribution in [-0.4, -0.2) is 38.1 Å². The molecule has 3 atom stereocenters. The minimum atomic E-state index is -3.26. The van der Waals surface area contributed by atoms with E-state index in [1.165, 1.54) is 6.26 Å². The fraction of sp³-hybridized carbons (Fsp3) is 0.500. The van der Waals surface area contributed by atoms with Crippen molar-refractivity contribution < 1.29 is 13.2 Å². The molecule has 1 aromatic carbocycles. The summed E-state index contributed by atoms with van der Waals surface area (Å²) in [5.74, 6) is -0.220. The fourth-order valence-electron chi connectivity index (χ4n) is 2.97. The zero-order chi connectivity index (χ0) is 15.0. The summed E-state index contributed by atoms with van der Waals surface area (Å²) in [5.41, 5.74) is 6.04. The van der Waals surface area contributed by atoms with E-state index in [0.29, 0.717) is 6.61 Å². The van der Waals surface area contributed by atoms with E-state index in [1.54, 1.807) is 0 Å². The molecule has 0 amide bonds. The Labute approximate surface area is 125 Å². The summed E-state index contributed by atoms with van der Waals surface area (Å²) in [6.07, 6.45) is 1.24. The summed E-state index contributed by atoms with van der Waals surface area (Å²) in [6, 6.07) is 9.49. The SMILES string of the molecule is CCOC[C@]1(C(N)=S)[C@H](c2ccccc2)[C@@H]1S(C)(=O)=O. The minimum Gasteiger partial charge on any atom is -0.393 e. The van der Waals surface area contributed by atoms with E-state index in [1.807, 2.05) is 37.3 Å². The summed E-state index contributed by atoms with van der Waals surface area (Å²) in [6.45, 7) is 2.61. The molecular weight excluding hydrogens is 294 g/mol. The number of thiocarbonyl (C=S) groups is 1. The van der Waals surface area contributed by atoms with Gasteiger partial charge in [-0.25, -0.2) is 8.42 Å². The Morgan fingerprint density at radius 1 is 1.40 bits per heavy atom. The van der Waals surface area contributed by atoms with Gasteiger partial charge in [0.25, 0.3) is 0 Å². The summed E-state index contributed by atoms with van der Waals surface area (Å²) in [4.78, 5) is 0.218. The van der Waals surface area contributed by atoms with Crippen molar-refractivity contribution in [1.82, 2.24) is 0 Å². The van der Waals surface area contributed by atoms with Gasteiger partial charge >= 0.3 is 0 Å². The van der Waals surface area contributed by atoms with E-state index >= 15 is 0 Å². The van der Waals surface area contributed by atoms with Crippen LogP contribution in [0.15, 0.2) is 30.3 Å². The quantitative estimate of drug-likeness (QED) is 0.806. The van der Waals surface area contributed by atoms with E-state index in [-0.39, 0.29) is 17.5 Å². The highest BCUT2D eigenvalue weighted by Crippen LogP contribution is 2.63. The Morgan fingerprint density at radius 2 is 2.00 bits per heavy atom. The van der Waals surface area contributed by atoms with Crippen LogP contribution in [0.4, 0.5) is 0 Å². The highest BCUT2D eigenvalue weighted by atomic mass is 32.2. The zero-order valence-corrected chi connectivity index (χ0v) is 13.2. The summed E-state index contributed by atoms with van der Waals surface area (Å²) >= 11 is 5.16. The topological polar surface area (TPSA) is 69.4 Å². The van der Waals surface area contributed by atoms with E-state index in [2.05, 4.69) is 0 Å². The molecule has 2 rings (SSSR count). The normalized spacial score (nSPS) is 29.1. The van der Waals surface area contributed by atoms with Gasteiger partial charge in [0.05, 0.1) is 22.3 Å². The molecule has 0 saturated heterocycles. The fourth-order valence-corrected chi connectivity index (χ4v) is 5.28. The van der Waals surface area contributed by atoms with Crippen molar-refractivity contribution in [3.63, 3.8) is 0 Å². The van der Waals surface area contributed by atoms with Gasteiger partial charge in [-0.1, -0.05) is 42.5 Å². The highest BCUT2D eigenvalue weighted by Gasteiger charge is 2.71. The number of hydrogen-bond acceptors (Lipinski definition) is 4. The van der Waals surface area contributed by atoms with Crippen molar-refractivity contribution in [3.05, 3.63) is 35.9 Å². The van der Waals surface area contributed by atoms with Crippen molar-refractivity contribution in [3.8, 4) is 0 Å². The van der Waals surface area contributed by atoms with E-state index in [9.17, 15) is 8.42 Å². The minimum absolute atomic E-state index is 0.218. The molecule has 1 saturated carbocycles. The number of nitrogens with two attached hydrogens (primary N) is 1. The van der Waals surface area contributed by atoms with Gasteiger partial charge in [-0.05, 0) is 12.5 Å². The van der Waals surface area contributed by atoms with Crippen LogP contribution < -0.4 is 5.73 Å². The first-order valence-electron chi connectivity index (χ1n) is 6.47. The summed E-state index contributed by atoms with van der Waals surface area (Å²) in [7, 11) is -3.26. The van der Waals surface area contributed by atoms with E-state index in [0.717, 1.165) is 5.56 Å². The van der Waals surface area contributed by atoms with Crippen LogP contribution in [0.1, 0.15) is 18.4 Å². The molecule has 1 aliphatic rings. The molecule has 1 fully saturated rings. The molecule has 0 heterocycles. The number of sulfone groups is 1. The van der Waals surface area contributed by atoms with Crippen LogP contribution in [0.5, 0.6) is 0 Å². The molecule has 0 aromatic heterocycles. The third-order valence-electron chi connectivity index (χ3n) is 3.88. The number of benzene rings is 1. The predicted octanol–water partition coefficient (Wildman–Crippen LogP) is 1.51. The Morgan fingerprint density at radius 3 is 2.45 bits per heavy atom. The highest BCUT2D eigenvalue weighted by molar-refractivity contribution is 7.92. The van der Waals surface area contributed by atoms with Crippen molar-refractivity contribution in [2.75, 3.05) is 19.5 Å². The lowest BCUT2D eigenvalue weighted by Crippen LogP contribution is -2.33. The van der Waals surface area contributed by atoms with Crippen molar-refractivity contribution in [2.24, 2.45) is 11.1 Å². The Kier molecular flexibility index (Phi) is 4.18. The summed E-state index contributed by atoms with van der Waals surface area (Å²) < 4.78 is 29.6. The first-order chi connectivity index (χ1) is 9.35. The van der Waals surface area contributed by atoms with Crippen LogP contribution in [0.3, 0.4) is 0 Å². The lowest BCUT2D eigenvalue weighted by atomic mass is 10.00. The van der Waals surface area contributed by atoms with E-state index < -0.39 is 20.5 Å². The van der Waals surface area contributed by atoms with Gasteiger partial charge in [-0.2, -0.15) is 0 Å². The molecule has 1 aromatic rings. The maximum Gasteiger partial charge on any atom is 0.152 e. The molecule has 6 heteroatoms. The van der Waals surface area contributed by atoms with Crippen LogP contribution >= 0.6 is 12.2 Å². The van der Waals surface area contributed by atoms with Crippen LogP contribution in [0.2, 0.25) is 0 Å². The van der Waals surface area contributed by atoms with Gasteiger partial charge in [-0.15, -0.1) is 0 Å². The molecular formula is C14H19NO3S2. The molecule has 0 radical (unpaired) electrons. The van der Waals surface area contributed by atoms with Crippen molar-refractivity contribution in [1.29, 1.82) is 0 Å². The average Bonchev–Trinajstić information content (AvgIpc) is 3.08. The standard InChI is InChI=1S/C14H19NO3S2/c1-3-18-9-14(13(15)19)11(12(14)20(2,16)17)10-7-5-4-6-8-10/h4-8,11-12H,3,9H2,1-2H3,(H2,15,19)/t11-,12+,14+/m1/s1. The molecule has 20 heavy (non-hydrogen) atoms. The van der Waals surface area contributed by atoms with Gasteiger partial charge < -0.3 is 10.5 Å². The maximum atomic E-state index is 12.1. The van der Waals surface area contributed by atoms with Crippen molar-refractivity contribution >= 4 is 27.0 Å². The molecule has 0 unspecified atom stereocenters. The smallest absolute Gasteiger partial charge is 0.152 e. The third kappa shape index (κ3) is 2.47. The maximum absolute atomic E-state index is 12.1. The Balaban J connectivity index is 2.45. The molecule has 110 valence electrons. The molecule has 0 bridgehead atoms. The van der Waals surface area contributed by atoms with Crippen LogP contribution in [0, 0.1) is 5.41 Å². The first kappa shape index (κ1) is 15.4. The Hall–Kier alpha value is -0.980. The largest absolute Gasteiger partial charge is 0.393 e. The second-order valence-corrected chi connectivity index (χ2v) is 7.79. The predicted molar refractivity (Wildman–Crippen MR) is 83.5 cm³/mol. The second-order valence-electron chi connectivity index (χ2n) is 5.18. The van der Waals surface area contributed by atoms with Crippen LogP contribution in [-0.2, 0) is 14.6 Å². The average molecular weight is 313 g/mol. The number of hydrogen-bond donors (Lipinski definition) is 1. The lowest BCUT2D eigenvalue weighted by Gasteiger charge is -2.16. The van der Waals surface area contributed by atoms with Gasteiger partial charge in [0.2, 0.25) is 0 Å². The Bertz CT molecular complexity index is 600. The molecule has 0 spiro atoms. The number of ether oxygens (including phenoxy) is 1. The summed E-state index contributed by atoms with van der Waals surface area (Å²) in [5, 5.41) is -0.596. The molecule has 4 nitrogen and oxygen atoms in total. The van der Waals surface area contributed by atoms with Crippen LogP contribution in [0.25, 0.3) is 0 Å². The van der Waals surface area contributed by atoms with Gasteiger partial charge in [0.1, 0.15) is 0 Å². The lowest BCUT2D eigenvalue weighted by molar-refractivity contribution is 0.121. The van der Waals surface area contributed by atoms with E-state index in [4.69, 9.17) is 22.7 Å². The first-order valence-corrected chi connectivity index (χ1v) is 8.83. The number of rotatable bonds is 6. The van der Waals surface area contributed by atoms with Gasteiger partial charge in [-0.3, -0.25) is 0 Å². The monoisotopic (exact) mass is 313 g/mol. The van der Waals surface area contributed by atoms with Crippen molar-refractivity contribution in [2.45, 2.75) is 18.1 Å². The molecule has 0 aliphatic heterocycles. The second kappa shape index (κ2) is 5.42.